The van der Waals surface area contributed by atoms with Crippen molar-refractivity contribution in [2.75, 3.05) is 52.7 Å². The molecule has 0 spiro atoms. The number of alkyl halides is 1. The predicted molar refractivity (Wildman–Crippen MR) is 141 cm³/mol. The normalized spacial score (nSPS) is 40.1. The van der Waals surface area contributed by atoms with Crippen molar-refractivity contribution >= 4 is 17.5 Å². The van der Waals surface area contributed by atoms with Crippen molar-refractivity contribution in [2.24, 2.45) is 17.8 Å². The van der Waals surface area contributed by atoms with E-state index in [1.54, 1.807) is 0 Å². The number of carbonyl (C=O) groups excluding carboxylic acids is 1. The topological polar surface area (TPSA) is 104 Å². The summed E-state index contributed by atoms with van der Waals surface area (Å²) in [4.78, 5) is 15.1. The minimum absolute atomic E-state index is 0.0282. The summed E-state index contributed by atoms with van der Waals surface area (Å²) in [5, 5.41) is 20.7. The summed E-state index contributed by atoms with van der Waals surface area (Å²) in [6, 6.07) is 1.16. The van der Waals surface area contributed by atoms with Gasteiger partial charge in [-0.1, -0.05) is 6.42 Å². The molecule has 0 radical (unpaired) electrons. The van der Waals surface area contributed by atoms with Gasteiger partial charge in [0.1, 0.15) is 0 Å². The molecule has 0 aromatic heterocycles. The number of carbonyl (C=O) groups is 1. The Morgan fingerprint density at radius 2 is 2.08 bits per heavy atom. The van der Waals surface area contributed by atoms with E-state index in [0.717, 1.165) is 71.2 Å². The highest BCUT2D eigenvalue weighted by molar-refractivity contribution is 6.21. The summed E-state index contributed by atoms with van der Waals surface area (Å²) in [5.41, 5.74) is 0. The summed E-state index contributed by atoms with van der Waals surface area (Å²) >= 11 is 6.93. The molecule has 3 heterocycles. The second-order valence-electron chi connectivity index (χ2n) is 12.1. The smallest absolute Gasteiger partial charge is 0.223 e. The minimum Gasteiger partial charge on any atom is -0.390 e. The van der Waals surface area contributed by atoms with Crippen LogP contribution in [0.4, 0.5) is 0 Å². The number of hydrogen-bond donors (Lipinski definition) is 4. The van der Waals surface area contributed by atoms with Crippen LogP contribution in [0, 0.1) is 17.8 Å². The van der Waals surface area contributed by atoms with Crippen LogP contribution in [-0.4, -0.2) is 110 Å². The van der Waals surface area contributed by atoms with Gasteiger partial charge in [-0.25, -0.2) is 0 Å². The first-order valence-corrected chi connectivity index (χ1v) is 15.0. The summed E-state index contributed by atoms with van der Waals surface area (Å²) in [5.74, 6) is 1.11. The van der Waals surface area contributed by atoms with E-state index in [1.165, 1.54) is 0 Å². The molecule has 3 aliphatic heterocycles. The highest BCUT2D eigenvalue weighted by Crippen LogP contribution is 2.40. The number of hydrogen-bond acceptors (Lipinski definition) is 8. The van der Waals surface area contributed by atoms with Gasteiger partial charge in [-0.15, -0.1) is 11.6 Å². The average Bonchev–Trinajstić information content (AvgIpc) is 3.29. The molecule has 5 aliphatic rings. The van der Waals surface area contributed by atoms with Gasteiger partial charge in [0.05, 0.1) is 56.3 Å². The number of ether oxygens (including phenoxy) is 3. The van der Waals surface area contributed by atoms with Crippen LogP contribution < -0.4 is 16.0 Å². The highest BCUT2D eigenvalue weighted by atomic mass is 35.5. The Hall–Kier alpha value is -0.520. The molecule has 9 nitrogen and oxygen atoms in total. The fourth-order valence-corrected chi connectivity index (χ4v) is 7.48. The summed E-state index contributed by atoms with van der Waals surface area (Å²) < 4.78 is 17.2. The predicted octanol–water partition coefficient (Wildman–Crippen LogP) is 1.07. The third kappa shape index (κ3) is 7.37. The second-order valence-corrected chi connectivity index (χ2v) is 12.6. The molecule has 4 N–H and O–H groups in total. The van der Waals surface area contributed by atoms with Gasteiger partial charge in [0, 0.05) is 37.6 Å². The van der Waals surface area contributed by atoms with Gasteiger partial charge in [-0.2, -0.15) is 0 Å². The van der Waals surface area contributed by atoms with Gasteiger partial charge in [-0.3, -0.25) is 10.1 Å². The van der Waals surface area contributed by atoms with Gasteiger partial charge in [0.2, 0.25) is 5.91 Å². The molecule has 2 saturated carbocycles. The van der Waals surface area contributed by atoms with Crippen LogP contribution >= 0.6 is 11.6 Å². The summed E-state index contributed by atoms with van der Waals surface area (Å²) in [6.07, 6.45) is 6.74. The van der Waals surface area contributed by atoms with E-state index < -0.39 is 6.10 Å². The fourth-order valence-electron chi connectivity index (χ4n) is 6.95. The molecule has 212 valence electrons. The molecule has 5 fully saturated rings. The van der Waals surface area contributed by atoms with Gasteiger partial charge in [-0.05, 0) is 63.8 Å². The van der Waals surface area contributed by atoms with Crippen LogP contribution in [-0.2, 0) is 19.0 Å². The van der Waals surface area contributed by atoms with Gasteiger partial charge in [0.15, 0.2) is 0 Å². The zero-order valence-electron chi connectivity index (χ0n) is 22.3. The Morgan fingerprint density at radius 3 is 2.84 bits per heavy atom. The Balaban J connectivity index is 0.993. The van der Waals surface area contributed by atoms with E-state index in [9.17, 15) is 9.90 Å². The van der Waals surface area contributed by atoms with Crippen molar-refractivity contribution in [3.63, 3.8) is 0 Å². The van der Waals surface area contributed by atoms with Crippen LogP contribution in [0.2, 0.25) is 0 Å². The summed E-state index contributed by atoms with van der Waals surface area (Å²) in [6.45, 7) is 7.67. The van der Waals surface area contributed by atoms with Crippen molar-refractivity contribution < 1.29 is 24.1 Å². The molecule has 0 aromatic rings. The zero-order chi connectivity index (χ0) is 25.8. The third-order valence-corrected chi connectivity index (χ3v) is 9.94. The SMILES string of the molecule is CC1NCOC1COC1CCC2CN(C[C@@H](O)CNC(=O)C3CCCC(NC4COC4)C3)CCC2C1Cl. The van der Waals surface area contributed by atoms with Crippen LogP contribution in [0.25, 0.3) is 0 Å². The first-order valence-electron chi connectivity index (χ1n) is 14.6. The number of likely N-dealkylation sites (tertiary alicyclic amines) is 1. The maximum absolute atomic E-state index is 12.8. The molecule has 9 atom stereocenters. The van der Waals surface area contributed by atoms with Gasteiger partial charge >= 0.3 is 0 Å². The molecule has 2 aliphatic carbocycles. The number of aliphatic hydroxyl groups is 1. The lowest BCUT2D eigenvalue weighted by molar-refractivity contribution is -0.126. The first kappa shape index (κ1) is 28.0. The molecular weight excluding hydrogens is 496 g/mol. The average molecular weight is 543 g/mol. The number of aliphatic hydroxyl groups excluding tert-OH is 1. The van der Waals surface area contributed by atoms with E-state index >= 15 is 0 Å². The van der Waals surface area contributed by atoms with Gasteiger partial charge < -0.3 is 34.9 Å². The van der Waals surface area contributed by atoms with E-state index in [4.69, 9.17) is 25.8 Å². The standard InChI is InChI=1S/C27H47ClN4O5/c1-17-25(37-16-30-17)15-36-24-6-5-19-11-32(8-7-23(19)26(24)28)12-22(33)10-29-27(34)18-3-2-4-20(9-18)31-21-13-35-14-21/h17-26,30-31,33H,2-16H2,1H3,(H,29,34)/t17?,18?,19?,20?,22-,23?,24?,25?,26?/m0/s1. The van der Waals surface area contributed by atoms with Crippen LogP contribution in [0.3, 0.4) is 0 Å². The molecule has 0 aromatic carbocycles. The zero-order valence-corrected chi connectivity index (χ0v) is 23.0. The lowest BCUT2D eigenvalue weighted by atomic mass is 9.73. The molecule has 3 saturated heterocycles. The van der Waals surface area contributed by atoms with Crippen molar-refractivity contribution in [1.82, 2.24) is 20.9 Å². The fraction of sp³-hybridized carbons (Fsp3) is 0.963. The van der Waals surface area contributed by atoms with Crippen molar-refractivity contribution in [1.29, 1.82) is 0 Å². The Bertz CT molecular complexity index is 746. The number of halogens is 1. The Labute approximate surface area is 226 Å². The number of β-amino-alcohol motifs (C(OH)–C–C–N with tert-alkyl or cyclic N) is 1. The number of nitrogens with zero attached hydrogens (tertiary/aromatic N) is 1. The number of piperidine rings is 1. The van der Waals surface area contributed by atoms with E-state index in [1.807, 2.05) is 0 Å². The van der Waals surface area contributed by atoms with Crippen molar-refractivity contribution in [3.05, 3.63) is 0 Å². The highest BCUT2D eigenvalue weighted by Gasteiger charge is 2.42. The lowest BCUT2D eigenvalue weighted by Crippen LogP contribution is -2.53. The van der Waals surface area contributed by atoms with E-state index in [-0.39, 0.29) is 29.4 Å². The molecule has 5 rings (SSSR count). The van der Waals surface area contributed by atoms with Crippen LogP contribution in [0.1, 0.15) is 51.9 Å². The molecule has 0 bridgehead atoms. The van der Waals surface area contributed by atoms with Crippen LogP contribution in [0.15, 0.2) is 0 Å². The molecule has 37 heavy (non-hydrogen) atoms. The minimum atomic E-state index is -0.557. The number of nitrogens with one attached hydrogen (secondary N) is 3. The maximum Gasteiger partial charge on any atom is 0.223 e. The molecular formula is C27H47ClN4O5. The third-order valence-electron chi connectivity index (χ3n) is 9.33. The first-order chi connectivity index (χ1) is 18.0. The summed E-state index contributed by atoms with van der Waals surface area (Å²) in [7, 11) is 0. The van der Waals surface area contributed by atoms with E-state index in [2.05, 4.69) is 27.8 Å². The largest absolute Gasteiger partial charge is 0.390 e. The quantitative estimate of drug-likeness (QED) is 0.304. The van der Waals surface area contributed by atoms with Crippen LogP contribution in [0.5, 0.6) is 0 Å². The number of fused-ring (bicyclic) bond motifs is 1. The molecule has 8 unspecified atom stereocenters. The van der Waals surface area contributed by atoms with E-state index in [0.29, 0.717) is 56.4 Å². The lowest BCUT2D eigenvalue weighted by Gasteiger charge is -2.46. The number of rotatable bonds is 10. The maximum atomic E-state index is 12.8. The Kier molecular flexibility index (Phi) is 10.0. The Morgan fingerprint density at radius 1 is 1.22 bits per heavy atom. The molecule has 10 heteroatoms. The van der Waals surface area contributed by atoms with Crippen molar-refractivity contribution in [2.45, 2.75) is 93.7 Å². The van der Waals surface area contributed by atoms with Crippen molar-refractivity contribution in [3.8, 4) is 0 Å². The monoisotopic (exact) mass is 542 g/mol. The second kappa shape index (κ2) is 13.2. The van der Waals surface area contributed by atoms with Gasteiger partial charge in [0.25, 0.3) is 0 Å². The number of amides is 1. The molecule has 1 amide bonds.